The zero-order chi connectivity index (χ0) is 15.7. The quantitative estimate of drug-likeness (QED) is 0.876. The molecule has 0 bridgehead atoms. The van der Waals surface area contributed by atoms with Gasteiger partial charge in [-0.05, 0) is 49.4 Å². The van der Waals surface area contributed by atoms with Crippen molar-refractivity contribution < 1.29 is 14.3 Å². The molecule has 1 atom stereocenters. The fraction of sp³-hybridized carbons (Fsp3) is 0.500. The maximum Gasteiger partial charge on any atom is 0.306 e. The molecule has 1 unspecified atom stereocenters. The molecule has 1 aliphatic rings. The predicted octanol–water partition coefficient (Wildman–Crippen LogP) is 3.72. The molecule has 118 valence electrons. The maximum atomic E-state index is 11.9. The number of aromatic amines is 1. The molecular weight excluding hydrogens is 278 g/mol. The first kappa shape index (κ1) is 14.9. The Morgan fingerprint density at radius 2 is 2.18 bits per heavy atom. The number of H-pyrrole nitrogens is 1. The van der Waals surface area contributed by atoms with Gasteiger partial charge in [0.25, 0.3) is 0 Å². The van der Waals surface area contributed by atoms with E-state index in [-0.39, 0.29) is 11.4 Å². The number of nitrogens with one attached hydrogen (secondary N) is 1. The lowest BCUT2D eigenvalue weighted by Crippen LogP contribution is -2.33. The number of hydrogen-bond acceptors (Lipinski definition) is 3. The zero-order valence-corrected chi connectivity index (χ0v) is 13.5. The van der Waals surface area contributed by atoms with Crippen LogP contribution in [0, 0.1) is 0 Å². The minimum absolute atomic E-state index is 0.132. The Balaban J connectivity index is 2.14. The van der Waals surface area contributed by atoms with Gasteiger partial charge in [0.1, 0.15) is 5.75 Å². The summed E-state index contributed by atoms with van der Waals surface area (Å²) in [5.74, 6) is 0.737. The van der Waals surface area contributed by atoms with Crippen LogP contribution in [0.15, 0.2) is 18.2 Å². The van der Waals surface area contributed by atoms with Crippen molar-refractivity contribution in [1.29, 1.82) is 0 Å². The van der Waals surface area contributed by atoms with Gasteiger partial charge in [0, 0.05) is 22.0 Å². The molecule has 1 aromatic carbocycles. The van der Waals surface area contributed by atoms with Crippen LogP contribution >= 0.6 is 0 Å². The molecule has 1 N–H and O–H groups in total. The summed E-state index contributed by atoms with van der Waals surface area (Å²) < 4.78 is 10.3. The number of rotatable bonds is 4. The van der Waals surface area contributed by atoms with E-state index in [2.05, 4.69) is 24.0 Å². The summed E-state index contributed by atoms with van der Waals surface area (Å²) in [4.78, 5) is 15.5. The van der Waals surface area contributed by atoms with Crippen molar-refractivity contribution in [2.24, 2.45) is 0 Å². The van der Waals surface area contributed by atoms with Crippen molar-refractivity contribution in [3.05, 3.63) is 29.5 Å². The van der Waals surface area contributed by atoms with Crippen LogP contribution in [0.2, 0.25) is 0 Å². The van der Waals surface area contributed by atoms with Crippen molar-refractivity contribution in [2.75, 3.05) is 14.2 Å². The Morgan fingerprint density at radius 3 is 2.86 bits per heavy atom. The third kappa shape index (κ3) is 2.27. The molecule has 0 saturated carbocycles. The topological polar surface area (TPSA) is 51.3 Å². The first-order valence-electron chi connectivity index (χ1n) is 7.89. The van der Waals surface area contributed by atoms with Crippen LogP contribution in [0.1, 0.15) is 43.9 Å². The molecule has 2 aromatic rings. The zero-order valence-electron chi connectivity index (χ0n) is 13.5. The third-order valence-corrected chi connectivity index (χ3v) is 5.11. The van der Waals surface area contributed by atoms with E-state index in [1.165, 1.54) is 23.8 Å². The number of aromatic nitrogens is 1. The average molecular weight is 301 g/mol. The number of carbonyl (C=O) groups excluding carboxylic acids is 1. The summed E-state index contributed by atoms with van der Waals surface area (Å²) in [6, 6.07) is 6.12. The van der Waals surface area contributed by atoms with Gasteiger partial charge in [-0.3, -0.25) is 4.79 Å². The van der Waals surface area contributed by atoms with Gasteiger partial charge >= 0.3 is 5.97 Å². The SMILES string of the molecule is CCC1(CC(=O)OC)CCCc2c1[nH]c1ccc(OC)cc21. The second kappa shape index (κ2) is 5.67. The lowest BCUT2D eigenvalue weighted by molar-refractivity contribution is -0.142. The van der Waals surface area contributed by atoms with Crippen LogP contribution in [0.3, 0.4) is 0 Å². The highest BCUT2D eigenvalue weighted by molar-refractivity contribution is 5.87. The molecule has 0 amide bonds. The van der Waals surface area contributed by atoms with Gasteiger partial charge < -0.3 is 14.5 Å². The van der Waals surface area contributed by atoms with E-state index in [1.807, 2.05) is 6.07 Å². The van der Waals surface area contributed by atoms with E-state index in [1.54, 1.807) is 7.11 Å². The largest absolute Gasteiger partial charge is 0.497 e. The fourth-order valence-electron chi connectivity index (χ4n) is 3.80. The summed E-state index contributed by atoms with van der Waals surface area (Å²) in [6.45, 7) is 2.16. The van der Waals surface area contributed by atoms with Crippen molar-refractivity contribution in [3.63, 3.8) is 0 Å². The first-order valence-corrected chi connectivity index (χ1v) is 7.89. The second-order valence-electron chi connectivity index (χ2n) is 6.13. The van der Waals surface area contributed by atoms with Gasteiger partial charge in [0.15, 0.2) is 0 Å². The van der Waals surface area contributed by atoms with Crippen molar-refractivity contribution in [3.8, 4) is 5.75 Å². The van der Waals surface area contributed by atoms with Crippen LogP contribution in [0.4, 0.5) is 0 Å². The van der Waals surface area contributed by atoms with Crippen LogP contribution in [-0.4, -0.2) is 25.2 Å². The number of fused-ring (bicyclic) bond motifs is 3. The molecular formula is C18H23NO3. The molecule has 0 spiro atoms. The first-order chi connectivity index (χ1) is 10.6. The van der Waals surface area contributed by atoms with Gasteiger partial charge in [-0.15, -0.1) is 0 Å². The van der Waals surface area contributed by atoms with E-state index in [9.17, 15) is 4.79 Å². The number of esters is 1. The van der Waals surface area contributed by atoms with Crippen molar-refractivity contribution >= 4 is 16.9 Å². The van der Waals surface area contributed by atoms with E-state index < -0.39 is 0 Å². The van der Waals surface area contributed by atoms with Gasteiger partial charge in [0.2, 0.25) is 0 Å². The maximum absolute atomic E-state index is 11.9. The summed E-state index contributed by atoms with van der Waals surface area (Å²) >= 11 is 0. The molecule has 0 saturated heterocycles. The average Bonchev–Trinajstić information content (AvgIpc) is 2.93. The predicted molar refractivity (Wildman–Crippen MR) is 86.4 cm³/mol. The molecule has 1 heterocycles. The van der Waals surface area contributed by atoms with Gasteiger partial charge in [-0.25, -0.2) is 0 Å². The number of methoxy groups -OCH3 is 2. The molecule has 3 rings (SSSR count). The number of ether oxygens (including phenoxy) is 2. The highest BCUT2D eigenvalue weighted by Crippen LogP contribution is 2.45. The van der Waals surface area contributed by atoms with E-state index in [0.717, 1.165) is 36.9 Å². The van der Waals surface area contributed by atoms with Crippen LogP contribution in [0.5, 0.6) is 5.75 Å². The Hall–Kier alpha value is -1.97. The fourth-order valence-corrected chi connectivity index (χ4v) is 3.80. The highest BCUT2D eigenvalue weighted by atomic mass is 16.5. The van der Waals surface area contributed by atoms with E-state index in [4.69, 9.17) is 9.47 Å². The summed E-state index contributed by atoms with van der Waals surface area (Å²) in [5, 5.41) is 1.22. The summed E-state index contributed by atoms with van der Waals surface area (Å²) in [6.07, 6.45) is 4.54. The molecule has 1 aliphatic carbocycles. The Morgan fingerprint density at radius 1 is 1.36 bits per heavy atom. The smallest absolute Gasteiger partial charge is 0.306 e. The minimum Gasteiger partial charge on any atom is -0.497 e. The molecule has 22 heavy (non-hydrogen) atoms. The Bertz CT molecular complexity index is 704. The van der Waals surface area contributed by atoms with Crippen LogP contribution in [-0.2, 0) is 21.4 Å². The monoisotopic (exact) mass is 301 g/mol. The highest BCUT2D eigenvalue weighted by Gasteiger charge is 2.39. The van der Waals surface area contributed by atoms with E-state index >= 15 is 0 Å². The molecule has 1 aromatic heterocycles. The van der Waals surface area contributed by atoms with Gasteiger partial charge in [-0.1, -0.05) is 6.92 Å². The van der Waals surface area contributed by atoms with Gasteiger partial charge in [0.05, 0.1) is 20.6 Å². The van der Waals surface area contributed by atoms with Crippen LogP contribution < -0.4 is 4.74 Å². The number of hydrogen-bond donors (Lipinski definition) is 1. The van der Waals surface area contributed by atoms with Crippen LogP contribution in [0.25, 0.3) is 10.9 Å². The molecule has 4 nitrogen and oxygen atoms in total. The number of carbonyl (C=O) groups is 1. The lowest BCUT2D eigenvalue weighted by Gasteiger charge is -2.35. The molecule has 4 heteroatoms. The lowest BCUT2D eigenvalue weighted by atomic mass is 9.69. The Kier molecular flexibility index (Phi) is 3.85. The number of benzene rings is 1. The molecule has 0 fully saturated rings. The normalized spacial score (nSPS) is 20.7. The van der Waals surface area contributed by atoms with Crippen molar-refractivity contribution in [1.82, 2.24) is 4.98 Å². The van der Waals surface area contributed by atoms with Gasteiger partial charge in [-0.2, -0.15) is 0 Å². The minimum atomic E-state index is -0.133. The second-order valence-corrected chi connectivity index (χ2v) is 6.13. The van der Waals surface area contributed by atoms with E-state index in [0.29, 0.717) is 6.42 Å². The van der Waals surface area contributed by atoms with Crippen molar-refractivity contribution in [2.45, 2.75) is 44.4 Å². The Labute approximate surface area is 130 Å². The summed E-state index contributed by atoms with van der Waals surface area (Å²) in [7, 11) is 3.15. The molecule has 0 aliphatic heterocycles. The molecule has 0 radical (unpaired) electrons. The standard InChI is InChI=1S/C18H23NO3/c1-4-18(11-16(20)22-3)9-5-6-13-14-10-12(21-2)7-8-15(14)19-17(13)18/h7-8,10,19H,4-6,9,11H2,1-3H3. The third-order valence-electron chi connectivity index (χ3n) is 5.11. The number of aryl methyl sites for hydroxylation is 1. The summed E-state index contributed by atoms with van der Waals surface area (Å²) in [5.41, 5.74) is 3.55.